The number of carbonyl (C=O) groups excluding carboxylic acids is 1. The van der Waals surface area contributed by atoms with Gasteiger partial charge in [-0.1, -0.05) is 11.6 Å². The molecule has 0 saturated carbocycles. The van der Waals surface area contributed by atoms with Gasteiger partial charge in [0, 0.05) is 15.6 Å². The third kappa shape index (κ3) is 3.88. The van der Waals surface area contributed by atoms with Gasteiger partial charge >= 0.3 is 0 Å². The smallest absolute Gasteiger partial charge is 0.243 e. The van der Waals surface area contributed by atoms with Crippen molar-refractivity contribution in [3.8, 4) is 5.75 Å². The molecule has 6 heteroatoms. The van der Waals surface area contributed by atoms with Crippen LogP contribution in [0.15, 0.2) is 35.2 Å². The number of carbonyl (C=O) groups is 1. The fraction of sp³-hybridized carbons (Fsp3) is 0.316. The van der Waals surface area contributed by atoms with Gasteiger partial charge in [-0.25, -0.2) is 0 Å². The predicted octanol–water partition coefficient (Wildman–Crippen LogP) is 4.50. The van der Waals surface area contributed by atoms with E-state index in [1.54, 1.807) is 58.0 Å². The molecule has 0 heterocycles. The van der Waals surface area contributed by atoms with Gasteiger partial charge in [-0.15, -0.1) is 0 Å². The van der Waals surface area contributed by atoms with Crippen LogP contribution in [0.1, 0.15) is 30.5 Å². The largest absolute Gasteiger partial charge is 0.507 e. The van der Waals surface area contributed by atoms with Crippen molar-refractivity contribution in [1.82, 2.24) is 0 Å². The lowest BCUT2D eigenvalue weighted by molar-refractivity contribution is -0.117. The Hall–Kier alpha value is -1.85. The van der Waals surface area contributed by atoms with Gasteiger partial charge in [0.1, 0.15) is 10.5 Å². The van der Waals surface area contributed by atoms with Gasteiger partial charge in [-0.3, -0.25) is 9.00 Å². The lowest BCUT2D eigenvalue weighted by Gasteiger charge is -2.24. The molecule has 0 aromatic heterocycles. The molecule has 0 aliphatic carbocycles. The van der Waals surface area contributed by atoms with Gasteiger partial charge in [0.15, 0.2) is 0 Å². The second-order valence-corrected chi connectivity index (χ2v) is 8.99. The van der Waals surface area contributed by atoms with Crippen molar-refractivity contribution in [3.63, 3.8) is 0 Å². The Bertz CT molecular complexity index is 845. The number of nitrogens with one attached hydrogen (secondary N) is 1. The van der Waals surface area contributed by atoms with Crippen LogP contribution in [0.3, 0.4) is 0 Å². The Balaban J connectivity index is 2.30. The highest BCUT2D eigenvalue weighted by Crippen LogP contribution is 2.32. The van der Waals surface area contributed by atoms with E-state index in [9.17, 15) is 14.1 Å². The fourth-order valence-corrected chi connectivity index (χ4v) is 3.73. The molecule has 1 atom stereocenters. The van der Waals surface area contributed by atoms with Crippen LogP contribution >= 0.6 is 11.6 Å². The topological polar surface area (TPSA) is 66.4 Å². The molecule has 0 fully saturated rings. The minimum atomic E-state index is -1.55. The zero-order valence-corrected chi connectivity index (χ0v) is 16.5. The maximum atomic E-state index is 12.8. The quantitative estimate of drug-likeness (QED) is 0.769. The van der Waals surface area contributed by atoms with Crippen LogP contribution in [0.2, 0.25) is 5.02 Å². The van der Waals surface area contributed by atoms with Crippen LogP contribution in [0.5, 0.6) is 5.75 Å². The predicted molar refractivity (Wildman–Crippen MR) is 103 cm³/mol. The summed E-state index contributed by atoms with van der Waals surface area (Å²) in [6, 6.07) is 8.34. The molecule has 0 radical (unpaired) electrons. The Kier molecular flexibility index (Phi) is 5.59. The second kappa shape index (κ2) is 7.18. The number of rotatable bonds is 4. The summed E-state index contributed by atoms with van der Waals surface area (Å²) < 4.78 is 11.7. The number of halogens is 1. The van der Waals surface area contributed by atoms with E-state index in [0.717, 1.165) is 5.56 Å². The van der Waals surface area contributed by atoms with Crippen molar-refractivity contribution in [2.75, 3.05) is 5.32 Å². The summed E-state index contributed by atoms with van der Waals surface area (Å²) in [6.07, 6.45) is 0. The number of hydrogen-bond donors (Lipinski definition) is 2. The maximum Gasteiger partial charge on any atom is 0.243 e. The first-order valence-corrected chi connectivity index (χ1v) is 9.37. The van der Waals surface area contributed by atoms with Crippen LogP contribution in [0, 0.1) is 20.8 Å². The van der Waals surface area contributed by atoms with Gasteiger partial charge in [-0.2, -0.15) is 0 Å². The molecule has 0 aliphatic rings. The summed E-state index contributed by atoms with van der Waals surface area (Å²) >= 11 is 5.86. The Labute approximate surface area is 155 Å². The molecule has 2 rings (SSSR count). The van der Waals surface area contributed by atoms with E-state index in [4.69, 9.17) is 11.6 Å². The lowest BCUT2D eigenvalue weighted by Crippen LogP contribution is -2.41. The molecule has 2 aromatic rings. The zero-order chi connectivity index (χ0) is 18.9. The van der Waals surface area contributed by atoms with Crippen molar-refractivity contribution >= 4 is 34.0 Å². The number of hydrogen-bond acceptors (Lipinski definition) is 3. The third-order valence-electron chi connectivity index (χ3n) is 4.34. The van der Waals surface area contributed by atoms with Crippen LogP contribution < -0.4 is 5.32 Å². The normalized spacial score (nSPS) is 12.7. The van der Waals surface area contributed by atoms with Crippen LogP contribution in [0.4, 0.5) is 5.69 Å². The summed E-state index contributed by atoms with van der Waals surface area (Å²) in [5.41, 5.74) is 2.78. The van der Waals surface area contributed by atoms with E-state index in [1.165, 1.54) is 0 Å². The molecular formula is C19H22ClNO3S. The molecular weight excluding hydrogens is 358 g/mol. The van der Waals surface area contributed by atoms with E-state index in [1.807, 2.05) is 6.92 Å². The lowest BCUT2D eigenvalue weighted by atomic mass is 10.0. The Morgan fingerprint density at radius 3 is 2.24 bits per heavy atom. The van der Waals surface area contributed by atoms with E-state index in [0.29, 0.717) is 26.7 Å². The second-order valence-electron chi connectivity index (χ2n) is 6.53. The fourth-order valence-electron chi connectivity index (χ4n) is 2.41. The monoisotopic (exact) mass is 379 g/mol. The van der Waals surface area contributed by atoms with E-state index in [2.05, 4.69) is 5.32 Å². The van der Waals surface area contributed by atoms with Crippen LogP contribution in [-0.4, -0.2) is 20.0 Å². The Morgan fingerprint density at radius 2 is 1.68 bits per heavy atom. The first kappa shape index (κ1) is 19.5. The number of amides is 1. The number of aromatic hydroxyl groups is 1. The minimum absolute atomic E-state index is 0.222. The third-order valence-corrected chi connectivity index (χ3v) is 6.41. The molecule has 25 heavy (non-hydrogen) atoms. The first-order chi connectivity index (χ1) is 11.6. The van der Waals surface area contributed by atoms with Crippen LogP contribution in [-0.2, 0) is 15.6 Å². The molecule has 0 saturated heterocycles. The molecule has 1 unspecified atom stereocenters. The Morgan fingerprint density at radius 1 is 1.12 bits per heavy atom. The number of phenolic OH excluding ortho intramolecular Hbond substituents is 1. The minimum Gasteiger partial charge on any atom is -0.507 e. The molecule has 134 valence electrons. The number of phenols is 1. The SMILES string of the molecule is Cc1cc(NC(=O)C(C)(C)S(=O)c2ccc(Cl)cc2)c(C)c(C)c1O. The average Bonchev–Trinajstić information content (AvgIpc) is 2.57. The summed E-state index contributed by atoms with van der Waals surface area (Å²) in [5, 5.41) is 13.4. The first-order valence-electron chi connectivity index (χ1n) is 7.84. The summed E-state index contributed by atoms with van der Waals surface area (Å²) in [5.74, 6) is -0.132. The number of benzene rings is 2. The van der Waals surface area contributed by atoms with E-state index in [-0.39, 0.29) is 11.7 Å². The molecule has 0 spiro atoms. The van der Waals surface area contributed by atoms with E-state index < -0.39 is 15.5 Å². The highest BCUT2D eigenvalue weighted by Gasteiger charge is 2.36. The molecule has 1 amide bonds. The van der Waals surface area contributed by atoms with Crippen molar-refractivity contribution in [2.45, 2.75) is 44.3 Å². The van der Waals surface area contributed by atoms with Gasteiger partial charge in [-0.05, 0) is 81.6 Å². The van der Waals surface area contributed by atoms with Crippen molar-refractivity contribution in [3.05, 3.63) is 52.0 Å². The molecule has 2 aromatic carbocycles. The van der Waals surface area contributed by atoms with E-state index >= 15 is 0 Å². The van der Waals surface area contributed by atoms with Gasteiger partial charge in [0.2, 0.25) is 5.91 Å². The van der Waals surface area contributed by atoms with Crippen molar-refractivity contribution < 1.29 is 14.1 Å². The zero-order valence-electron chi connectivity index (χ0n) is 14.9. The van der Waals surface area contributed by atoms with Gasteiger partial charge < -0.3 is 10.4 Å². The van der Waals surface area contributed by atoms with Crippen LogP contribution in [0.25, 0.3) is 0 Å². The molecule has 0 bridgehead atoms. The van der Waals surface area contributed by atoms with Crippen molar-refractivity contribution in [1.29, 1.82) is 0 Å². The highest BCUT2D eigenvalue weighted by molar-refractivity contribution is 7.87. The standard InChI is InChI=1S/C19H22ClNO3S/c1-11-10-16(12(2)13(3)17(11)22)21-18(23)19(4,5)25(24)15-8-6-14(20)7-9-15/h6-10,22H,1-5H3,(H,21,23). The number of aryl methyl sites for hydroxylation is 1. The number of anilines is 1. The summed E-state index contributed by atoms with van der Waals surface area (Å²) in [6.45, 7) is 8.68. The maximum absolute atomic E-state index is 12.8. The molecule has 2 N–H and O–H groups in total. The average molecular weight is 380 g/mol. The van der Waals surface area contributed by atoms with Gasteiger partial charge in [0.25, 0.3) is 0 Å². The summed E-state index contributed by atoms with van der Waals surface area (Å²) in [4.78, 5) is 13.3. The van der Waals surface area contributed by atoms with Gasteiger partial charge in [0.05, 0.1) is 10.8 Å². The molecule has 4 nitrogen and oxygen atoms in total. The van der Waals surface area contributed by atoms with Crippen molar-refractivity contribution in [2.24, 2.45) is 0 Å². The molecule has 0 aliphatic heterocycles. The highest BCUT2D eigenvalue weighted by atomic mass is 35.5. The summed E-state index contributed by atoms with van der Waals surface area (Å²) in [7, 11) is -1.55.